The van der Waals surface area contributed by atoms with Gasteiger partial charge >= 0.3 is 0 Å². The Morgan fingerprint density at radius 1 is 1.38 bits per heavy atom. The summed E-state index contributed by atoms with van der Waals surface area (Å²) in [7, 11) is 0. The molecule has 0 aliphatic heterocycles. The highest BCUT2D eigenvalue weighted by Crippen LogP contribution is 2.30. The lowest BCUT2D eigenvalue weighted by atomic mass is 10.3. The highest BCUT2D eigenvalue weighted by Gasteiger charge is 2.08. The quantitative estimate of drug-likeness (QED) is 0.861. The molecule has 0 atom stereocenters. The highest BCUT2D eigenvalue weighted by atomic mass is 79.9. The van der Waals surface area contributed by atoms with Crippen LogP contribution in [0, 0.1) is 5.82 Å². The molecule has 2 rings (SSSR count). The maximum absolute atomic E-state index is 13.2. The molecule has 0 aliphatic rings. The van der Waals surface area contributed by atoms with E-state index in [1.54, 1.807) is 12.1 Å². The van der Waals surface area contributed by atoms with Crippen molar-refractivity contribution < 1.29 is 9.13 Å². The van der Waals surface area contributed by atoms with E-state index in [1.807, 2.05) is 0 Å². The van der Waals surface area contributed by atoms with Crippen LogP contribution in [0.3, 0.4) is 0 Å². The number of benzene rings is 1. The second kappa shape index (κ2) is 4.44. The summed E-state index contributed by atoms with van der Waals surface area (Å²) in [6.07, 6.45) is 1.51. The van der Waals surface area contributed by atoms with Gasteiger partial charge in [0.25, 0.3) is 0 Å². The van der Waals surface area contributed by atoms with E-state index in [-0.39, 0.29) is 16.1 Å². The lowest BCUT2D eigenvalue weighted by Crippen LogP contribution is -1.95. The standard InChI is InChI=1S/C10H7BrFN3O/c11-6-4-8(13)9(5-7(6)12)16-10-2-1-3-14-15-10/h1-5H,13H2. The van der Waals surface area contributed by atoms with E-state index in [1.165, 1.54) is 18.3 Å². The monoisotopic (exact) mass is 283 g/mol. The molecule has 1 aromatic heterocycles. The molecule has 0 radical (unpaired) electrons. The van der Waals surface area contributed by atoms with Gasteiger partial charge < -0.3 is 10.5 Å². The smallest absolute Gasteiger partial charge is 0.238 e. The Labute approximate surface area is 99.4 Å². The number of aromatic nitrogens is 2. The zero-order valence-corrected chi connectivity index (χ0v) is 9.61. The summed E-state index contributed by atoms with van der Waals surface area (Å²) in [5, 5.41) is 7.34. The number of nitrogens with two attached hydrogens (primary N) is 1. The molecule has 2 N–H and O–H groups in total. The maximum atomic E-state index is 13.2. The van der Waals surface area contributed by atoms with Gasteiger partial charge in [-0.25, -0.2) is 4.39 Å². The molecule has 0 aliphatic carbocycles. The SMILES string of the molecule is Nc1cc(Br)c(F)cc1Oc1cccnn1. The number of anilines is 1. The average molecular weight is 284 g/mol. The van der Waals surface area contributed by atoms with Crippen LogP contribution in [0.15, 0.2) is 34.9 Å². The molecular weight excluding hydrogens is 277 g/mol. The zero-order chi connectivity index (χ0) is 11.5. The molecular formula is C10H7BrFN3O. The fraction of sp³-hybridized carbons (Fsp3) is 0. The minimum Gasteiger partial charge on any atom is -0.435 e. The predicted molar refractivity (Wildman–Crippen MR) is 60.6 cm³/mol. The fourth-order valence-electron chi connectivity index (χ4n) is 1.09. The van der Waals surface area contributed by atoms with Crippen molar-refractivity contribution in [3.05, 3.63) is 40.8 Å². The van der Waals surface area contributed by atoms with E-state index < -0.39 is 5.82 Å². The average Bonchev–Trinajstić information content (AvgIpc) is 2.27. The summed E-state index contributed by atoms with van der Waals surface area (Å²) in [6, 6.07) is 5.88. The van der Waals surface area contributed by atoms with Gasteiger partial charge in [0, 0.05) is 18.3 Å². The zero-order valence-electron chi connectivity index (χ0n) is 8.02. The summed E-state index contributed by atoms with van der Waals surface area (Å²) in [6.45, 7) is 0. The largest absolute Gasteiger partial charge is 0.435 e. The molecule has 16 heavy (non-hydrogen) atoms. The van der Waals surface area contributed by atoms with Crippen LogP contribution < -0.4 is 10.5 Å². The first-order chi connectivity index (χ1) is 7.66. The number of rotatable bonds is 2. The Morgan fingerprint density at radius 3 is 2.88 bits per heavy atom. The third-order valence-electron chi connectivity index (χ3n) is 1.82. The number of halogens is 2. The van der Waals surface area contributed by atoms with Gasteiger partial charge in [-0.15, -0.1) is 5.10 Å². The van der Waals surface area contributed by atoms with E-state index in [9.17, 15) is 4.39 Å². The van der Waals surface area contributed by atoms with Crippen LogP contribution in [0.1, 0.15) is 0 Å². The van der Waals surface area contributed by atoms with E-state index in [2.05, 4.69) is 26.1 Å². The predicted octanol–water partition coefficient (Wildman–Crippen LogP) is 2.75. The van der Waals surface area contributed by atoms with Gasteiger partial charge in [0.15, 0.2) is 5.75 Å². The fourth-order valence-corrected chi connectivity index (χ4v) is 1.45. The van der Waals surface area contributed by atoms with Gasteiger partial charge in [0.1, 0.15) is 5.82 Å². The Balaban J connectivity index is 2.32. The van der Waals surface area contributed by atoms with Crippen LogP contribution in [0.4, 0.5) is 10.1 Å². The van der Waals surface area contributed by atoms with Crippen LogP contribution in [-0.4, -0.2) is 10.2 Å². The van der Waals surface area contributed by atoms with E-state index >= 15 is 0 Å². The Bertz CT molecular complexity index is 507. The number of nitrogen functional groups attached to an aromatic ring is 1. The van der Waals surface area contributed by atoms with Crippen molar-refractivity contribution in [1.82, 2.24) is 10.2 Å². The Morgan fingerprint density at radius 2 is 2.19 bits per heavy atom. The molecule has 0 bridgehead atoms. The van der Waals surface area contributed by atoms with Crippen molar-refractivity contribution in [2.24, 2.45) is 0 Å². The maximum Gasteiger partial charge on any atom is 0.238 e. The molecule has 4 nitrogen and oxygen atoms in total. The molecule has 0 saturated carbocycles. The van der Waals surface area contributed by atoms with Crippen LogP contribution in [0.5, 0.6) is 11.6 Å². The van der Waals surface area contributed by atoms with Crippen LogP contribution in [0.25, 0.3) is 0 Å². The van der Waals surface area contributed by atoms with Crippen molar-refractivity contribution in [2.75, 3.05) is 5.73 Å². The first-order valence-electron chi connectivity index (χ1n) is 4.37. The second-order valence-corrected chi connectivity index (χ2v) is 3.82. The third kappa shape index (κ3) is 2.27. The summed E-state index contributed by atoms with van der Waals surface area (Å²) >= 11 is 3.03. The van der Waals surface area contributed by atoms with Gasteiger partial charge in [0.05, 0.1) is 10.2 Å². The first-order valence-corrected chi connectivity index (χ1v) is 5.16. The van der Waals surface area contributed by atoms with Gasteiger partial charge in [-0.3, -0.25) is 0 Å². The summed E-state index contributed by atoms with van der Waals surface area (Å²) in [5.74, 6) is 0.0187. The van der Waals surface area contributed by atoms with Crippen molar-refractivity contribution in [3.63, 3.8) is 0 Å². The molecule has 2 aromatic rings. The van der Waals surface area contributed by atoms with Crippen LogP contribution >= 0.6 is 15.9 Å². The lowest BCUT2D eigenvalue weighted by Gasteiger charge is -2.07. The summed E-state index contributed by atoms with van der Waals surface area (Å²) in [4.78, 5) is 0. The van der Waals surface area contributed by atoms with E-state index in [0.29, 0.717) is 5.69 Å². The molecule has 0 unspecified atom stereocenters. The number of ether oxygens (including phenoxy) is 1. The minimum absolute atomic E-state index is 0.209. The van der Waals surface area contributed by atoms with E-state index in [0.717, 1.165) is 0 Å². The van der Waals surface area contributed by atoms with Crippen molar-refractivity contribution >= 4 is 21.6 Å². The molecule has 82 valence electrons. The minimum atomic E-state index is -0.451. The van der Waals surface area contributed by atoms with Crippen molar-refractivity contribution in [3.8, 4) is 11.6 Å². The van der Waals surface area contributed by atoms with Crippen molar-refractivity contribution in [2.45, 2.75) is 0 Å². The molecule has 0 spiro atoms. The number of hydrogen-bond acceptors (Lipinski definition) is 4. The van der Waals surface area contributed by atoms with Gasteiger partial charge in [0.2, 0.25) is 5.88 Å². The van der Waals surface area contributed by atoms with E-state index in [4.69, 9.17) is 10.5 Å². The Kier molecular flexibility index (Phi) is 3.00. The van der Waals surface area contributed by atoms with Crippen LogP contribution in [0.2, 0.25) is 0 Å². The molecule has 0 amide bonds. The molecule has 6 heteroatoms. The molecule has 1 heterocycles. The molecule has 0 fully saturated rings. The normalized spacial score (nSPS) is 10.1. The van der Waals surface area contributed by atoms with Crippen LogP contribution in [-0.2, 0) is 0 Å². The number of nitrogens with zero attached hydrogens (tertiary/aromatic N) is 2. The summed E-state index contributed by atoms with van der Waals surface area (Å²) in [5.41, 5.74) is 5.99. The molecule has 0 saturated heterocycles. The van der Waals surface area contributed by atoms with Crippen molar-refractivity contribution in [1.29, 1.82) is 0 Å². The summed E-state index contributed by atoms with van der Waals surface area (Å²) < 4.78 is 18.8. The highest BCUT2D eigenvalue weighted by molar-refractivity contribution is 9.10. The first kappa shape index (κ1) is 10.8. The Hall–Kier alpha value is -1.69. The van der Waals surface area contributed by atoms with Gasteiger partial charge in [-0.2, -0.15) is 5.10 Å². The van der Waals surface area contributed by atoms with Gasteiger partial charge in [-0.05, 0) is 28.1 Å². The molecule has 1 aromatic carbocycles. The number of hydrogen-bond donors (Lipinski definition) is 1. The topological polar surface area (TPSA) is 61.0 Å². The third-order valence-corrected chi connectivity index (χ3v) is 2.42. The van der Waals surface area contributed by atoms with Gasteiger partial charge in [-0.1, -0.05) is 0 Å². The second-order valence-electron chi connectivity index (χ2n) is 2.97. The lowest BCUT2D eigenvalue weighted by molar-refractivity contribution is 0.452.